The number of amides is 3. The molecule has 2 aliphatic heterocycles. The van der Waals surface area contributed by atoms with Crippen LogP contribution in [0.1, 0.15) is 75.2 Å². The van der Waals surface area contributed by atoms with Crippen LogP contribution in [0.2, 0.25) is 0 Å². The molecule has 0 radical (unpaired) electrons. The number of carbonyl (C=O) groups excluding carboxylic acids is 4. The lowest BCUT2D eigenvalue weighted by Crippen LogP contribution is -2.32. The van der Waals surface area contributed by atoms with Crippen LogP contribution in [0.25, 0.3) is 33.4 Å². The molecule has 45 heavy (non-hydrogen) atoms. The molecule has 1 saturated heterocycles. The molecule has 9 nitrogen and oxygen atoms in total. The summed E-state index contributed by atoms with van der Waals surface area (Å²) in [6, 6.07) is 11.7. The van der Waals surface area contributed by atoms with Gasteiger partial charge >= 0.3 is 5.97 Å². The third-order valence-corrected chi connectivity index (χ3v) is 8.11. The van der Waals surface area contributed by atoms with Crippen molar-refractivity contribution in [1.29, 1.82) is 0 Å². The van der Waals surface area contributed by atoms with Crippen LogP contribution in [0, 0.1) is 20.8 Å². The molecule has 9 heteroatoms. The van der Waals surface area contributed by atoms with E-state index in [1.807, 2.05) is 58.0 Å². The van der Waals surface area contributed by atoms with Gasteiger partial charge in [-0.1, -0.05) is 24.6 Å². The van der Waals surface area contributed by atoms with E-state index in [2.05, 4.69) is 4.99 Å². The first-order chi connectivity index (χ1) is 22.4. The Morgan fingerprint density at radius 2 is 1.71 bits per heavy atom. The van der Waals surface area contributed by atoms with Gasteiger partial charge in [-0.15, -0.1) is 5.06 Å². The predicted molar refractivity (Wildman–Crippen MR) is 171 cm³/mol. The number of nitrogens with zero attached hydrogens (tertiary/aromatic N) is 3. The monoisotopic (exact) mass is 611 g/mol. The summed E-state index contributed by atoms with van der Waals surface area (Å²) in [5.74, 6) is -1.53. The molecule has 1 aliphatic carbocycles. The van der Waals surface area contributed by atoms with Gasteiger partial charge in [0.2, 0.25) is 0 Å². The fraction of sp³-hybridized carbons (Fsp3) is 0.361. The van der Waals surface area contributed by atoms with Crippen LogP contribution in [-0.4, -0.2) is 53.8 Å². The van der Waals surface area contributed by atoms with E-state index < -0.39 is 17.8 Å². The van der Waals surface area contributed by atoms with Gasteiger partial charge in [-0.05, 0) is 87.0 Å². The van der Waals surface area contributed by atoms with Gasteiger partial charge in [0.05, 0.1) is 8.10 Å². The second-order valence-electron chi connectivity index (χ2n) is 11.4. The standard InChI is InChI=1S/C36H39N3O6/c1-6-37-29-21-31-28(19-24(29)4)35(27-18-22(2)23(3)20-30(27)44-31)25-12-9-10-13-26(25)36(43)38(5)17-11-7-8-14-34(42)45-39-32(40)15-16-33(39)41/h9-10,12-13,18-21H,6-8,11,14-17H2,1-5H3/i20D,21D. The number of aryl methyl sites for hydroxylation is 2. The normalized spacial score (nSPS) is 14.3. The molecule has 0 unspecified atom stereocenters. The van der Waals surface area contributed by atoms with E-state index in [0.29, 0.717) is 76.2 Å². The Bertz CT molecular complexity index is 1930. The number of imide groups is 1. The fourth-order valence-corrected chi connectivity index (χ4v) is 5.54. The summed E-state index contributed by atoms with van der Waals surface area (Å²) in [7, 11) is 1.73. The number of hydroxylamine groups is 2. The van der Waals surface area contributed by atoms with Crippen LogP contribution in [0.5, 0.6) is 0 Å². The molecule has 0 bridgehead atoms. The predicted octanol–water partition coefficient (Wildman–Crippen LogP) is 6.29. The number of hydrogen-bond donors (Lipinski definition) is 0. The molecule has 5 rings (SSSR count). The molecule has 0 atom stereocenters. The van der Waals surface area contributed by atoms with Gasteiger partial charge in [-0.25, -0.2) is 4.79 Å². The third kappa shape index (κ3) is 6.67. The minimum absolute atomic E-state index is 0.0489. The van der Waals surface area contributed by atoms with Gasteiger partial charge in [-0.2, -0.15) is 0 Å². The molecule has 3 aliphatic rings. The number of fused-ring (bicyclic) bond motifs is 2. The second-order valence-corrected chi connectivity index (χ2v) is 11.4. The molecule has 234 valence electrons. The highest BCUT2D eigenvalue weighted by molar-refractivity contribution is 6.09. The van der Waals surface area contributed by atoms with Gasteiger partial charge in [0, 0.05) is 67.5 Å². The zero-order chi connectivity index (χ0) is 34.0. The first-order valence-corrected chi connectivity index (χ1v) is 15.3. The van der Waals surface area contributed by atoms with Gasteiger partial charge in [0.15, 0.2) is 0 Å². The number of rotatable bonds is 10. The first kappa shape index (κ1) is 29.0. The quantitative estimate of drug-likeness (QED) is 0.118. The smallest absolute Gasteiger partial charge is 0.333 e. The Labute approximate surface area is 265 Å². The van der Waals surface area contributed by atoms with Gasteiger partial charge < -0.3 is 14.2 Å². The fourth-order valence-electron chi connectivity index (χ4n) is 5.54. The molecule has 0 saturated carbocycles. The van der Waals surface area contributed by atoms with Crippen molar-refractivity contribution in [3.8, 4) is 22.5 Å². The summed E-state index contributed by atoms with van der Waals surface area (Å²) in [4.78, 5) is 60.5. The Morgan fingerprint density at radius 1 is 0.978 bits per heavy atom. The lowest BCUT2D eigenvalue weighted by Gasteiger charge is -2.22. The van der Waals surface area contributed by atoms with Crippen molar-refractivity contribution in [3.05, 3.63) is 76.1 Å². The maximum absolute atomic E-state index is 14.0. The largest absolute Gasteiger partial charge is 0.456 e. The van der Waals surface area contributed by atoms with Crippen molar-refractivity contribution in [1.82, 2.24) is 9.96 Å². The topological polar surface area (TPSA) is 109 Å². The molecule has 0 N–H and O–H groups in total. The van der Waals surface area contributed by atoms with Crippen LogP contribution in [0.3, 0.4) is 0 Å². The Kier molecular flexibility index (Phi) is 8.66. The molecule has 0 aromatic heterocycles. The molecular formula is C36H39N3O6. The van der Waals surface area contributed by atoms with Crippen LogP contribution in [0.4, 0.5) is 0 Å². The summed E-state index contributed by atoms with van der Waals surface area (Å²) in [6.45, 7) is 8.58. The summed E-state index contributed by atoms with van der Waals surface area (Å²) >= 11 is 0. The van der Waals surface area contributed by atoms with Crippen molar-refractivity contribution in [2.24, 2.45) is 4.99 Å². The number of carbonyl (C=O) groups is 4. The van der Waals surface area contributed by atoms with E-state index in [9.17, 15) is 19.2 Å². The maximum atomic E-state index is 14.0. The highest BCUT2D eigenvalue weighted by Gasteiger charge is 2.32. The van der Waals surface area contributed by atoms with Gasteiger partial charge in [-0.3, -0.25) is 19.4 Å². The van der Waals surface area contributed by atoms with Crippen LogP contribution >= 0.6 is 0 Å². The minimum atomic E-state index is -0.635. The molecule has 2 aromatic carbocycles. The maximum Gasteiger partial charge on any atom is 0.333 e. The van der Waals surface area contributed by atoms with E-state index in [1.54, 1.807) is 18.0 Å². The molecule has 2 aromatic rings. The van der Waals surface area contributed by atoms with Crippen molar-refractivity contribution in [2.45, 2.75) is 66.2 Å². The summed E-state index contributed by atoms with van der Waals surface area (Å²) in [6.07, 6.45) is 1.89. The molecule has 2 heterocycles. The van der Waals surface area contributed by atoms with E-state index in [1.165, 1.54) is 0 Å². The number of unbranched alkanes of at least 4 members (excludes halogenated alkanes) is 2. The van der Waals surface area contributed by atoms with Crippen LogP contribution in [0.15, 0.2) is 57.9 Å². The number of benzene rings is 3. The van der Waals surface area contributed by atoms with E-state index in [-0.39, 0.29) is 37.3 Å². The van der Waals surface area contributed by atoms with E-state index >= 15 is 0 Å². The average molecular weight is 612 g/mol. The Hall–Kier alpha value is -4.79. The molecule has 1 fully saturated rings. The van der Waals surface area contributed by atoms with Gasteiger partial charge in [0.25, 0.3) is 17.7 Å². The zero-order valence-electron chi connectivity index (χ0n) is 28.4. The van der Waals surface area contributed by atoms with Crippen LogP contribution < -0.4 is 5.36 Å². The average Bonchev–Trinajstić information content (AvgIpc) is 3.36. The molecule has 3 amide bonds. The third-order valence-electron chi connectivity index (χ3n) is 8.11. The Balaban J connectivity index is 1.43. The summed E-state index contributed by atoms with van der Waals surface area (Å²) < 4.78 is 24.3. The van der Waals surface area contributed by atoms with Crippen molar-refractivity contribution < 1.29 is 31.2 Å². The Morgan fingerprint density at radius 3 is 2.44 bits per heavy atom. The van der Waals surface area contributed by atoms with E-state index in [0.717, 1.165) is 22.3 Å². The van der Waals surface area contributed by atoms with Crippen molar-refractivity contribution in [2.75, 3.05) is 20.1 Å². The highest BCUT2D eigenvalue weighted by atomic mass is 16.7. The highest BCUT2D eigenvalue weighted by Crippen LogP contribution is 2.42. The SMILES string of the molecule is [2H]c1c2oc3c([2H])c(C)c(C)cc3c(-c3ccccc3C(=O)N(C)CCCCCC(=O)ON3C(=O)CCC3=O)c-2cc(C)c1=NCC. The zero-order valence-corrected chi connectivity index (χ0v) is 26.4. The molecule has 0 spiro atoms. The number of hydrogen-bond acceptors (Lipinski definition) is 7. The summed E-state index contributed by atoms with van der Waals surface area (Å²) in [5.41, 5.74) is 5.41. The van der Waals surface area contributed by atoms with Crippen molar-refractivity contribution in [3.63, 3.8) is 0 Å². The minimum Gasteiger partial charge on any atom is -0.456 e. The van der Waals surface area contributed by atoms with E-state index in [4.69, 9.17) is 12.0 Å². The first-order valence-electron chi connectivity index (χ1n) is 16.3. The molecular weight excluding hydrogens is 570 g/mol. The second kappa shape index (κ2) is 13.5. The van der Waals surface area contributed by atoms with Crippen molar-refractivity contribution >= 4 is 34.7 Å². The van der Waals surface area contributed by atoms with Crippen LogP contribution in [-0.2, 0) is 19.2 Å². The summed E-state index contributed by atoms with van der Waals surface area (Å²) in [5, 5.41) is 1.79. The lowest BCUT2D eigenvalue weighted by molar-refractivity contribution is -0.197. The van der Waals surface area contributed by atoms with Gasteiger partial charge in [0.1, 0.15) is 11.3 Å². The lowest BCUT2D eigenvalue weighted by atomic mass is 9.88.